The van der Waals surface area contributed by atoms with Crippen LogP contribution in [0.15, 0.2) is 36.4 Å². The fraction of sp³-hybridized carbons (Fsp3) is 0.0714. The van der Waals surface area contributed by atoms with Gasteiger partial charge in [0.25, 0.3) is 0 Å². The molecule has 3 rings (SSSR count). The molecule has 2 N–H and O–H groups in total. The minimum Gasteiger partial charge on any atom is -0.369 e. The molecule has 96 valence electrons. The molecule has 0 saturated carbocycles. The van der Waals surface area contributed by atoms with Gasteiger partial charge in [-0.2, -0.15) is 0 Å². The number of aromatic nitrogens is 2. The van der Waals surface area contributed by atoms with E-state index in [0.29, 0.717) is 10.5 Å². The SMILES string of the molecule is Cc1cccc(Cl)c1-n1c(N)nc2cc(F)ccc21. The normalized spacial score (nSPS) is 11.1. The number of nitrogens with two attached hydrogens (primary N) is 1. The number of benzene rings is 2. The summed E-state index contributed by atoms with van der Waals surface area (Å²) >= 11 is 6.25. The van der Waals surface area contributed by atoms with E-state index in [1.165, 1.54) is 12.1 Å². The molecular formula is C14H11ClFN3. The van der Waals surface area contributed by atoms with Gasteiger partial charge in [0.2, 0.25) is 5.95 Å². The summed E-state index contributed by atoms with van der Waals surface area (Å²) in [6.07, 6.45) is 0. The summed E-state index contributed by atoms with van der Waals surface area (Å²) in [7, 11) is 0. The van der Waals surface area contributed by atoms with Crippen LogP contribution in [-0.2, 0) is 0 Å². The van der Waals surface area contributed by atoms with Crippen LogP contribution in [0.3, 0.4) is 0 Å². The lowest BCUT2D eigenvalue weighted by Crippen LogP contribution is -2.03. The molecule has 3 nitrogen and oxygen atoms in total. The number of aryl methyl sites for hydroxylation is 1. The molecule has 1 heterocycles. The van der Waals surface area contributed by atoms with Crippen molar-refractivity contribution in [3.63, 3.8) is 0 Å². The molecule has 0 saturated heterocycles. The first-order valence-electron chi connectivity index (χ1n) is 5.77. The zero-order valence-electron chi connectivity index (χ0n) is 10.2. The average molecular weight is 276 g/mol. The Bertz CT molecular complexity index is 759. The van der Waals surface area contributed by atoms with E-state index in [9.17, 15) is 4.39 Å². The first-order chi connectivity index (χ1) is 9.08. The van der Waals surface area contributed by atoms with Crippen molar-refractivity contribution < 1.29 is 4.39 Å². The summed E-state index contributed by atoms with van der Waals surface area (Å²) in [4.78, 5) is 4.17. The van der Waals surface area contributed by atoms with Gasteiger partial charge in [-0.05, 0) is 30.7 Å². The molecule has 0 aliphatic carbocycles. The Labute approximate surface area is 114 Å². The maximum Gasteiger partial charge on any atom is 0.205 e. The fourth-order valence-electron chi connectivity index (χ4n) is 2.21. The van der Waals surface area contributed by atoms with Crippen molar-refractivity contribution in [2.75, 3.05) is 5.73 Å². The molecule has 2 aromatic carbocycles. The maximum absolute atomic E-state index is 13.2. The highest BCUT2D eigenvalue weighted by atomic mass is 35.5. The van der Waals surface area contributed by atoms with Gasteiger partial charge in [-0.1, -0.05) is 23.7 Å². The van der Waals surface area contributed by atoms with Crippen molar-refractivity contribution >= 4 is 28.6 Å². The van der Waals surface area contributed by atoms with Crippen LogP contribution in [-0.4, -0.2) is 9.55 Å². The number of hydrogen-bond donors (Lipinski definition) is 1. The molecule has 0 radical (unpaired) electrons. The van der Waals surface area contributed by atoms with E-state index in [0.717, 1.165) is 16.8 Å². The van der Waals surface area contributed by atoms with Crippen molar-refractivity contribution in [3.8, 4) is 5.69 Å². The molecule has 0 bridgehead atoms. The molecule has 0 aliphatic heterocycles. The predicted molar refractivity (Wildman–Crippen MR) is 75.2 cm³/mol. The molecule has 5 heteroatoms. The maximum atomic E-state index is 13.2. The largest absolute Gasteiger partial charge is 0.369 e. The minimum atomic E-state index is -0.340. The number of para-hydroxylation sites is 1. The van der Waals surface area contributed by atoms with Crippen LogP contribution in [0.2, 0.25) is 5.02 Å². The Hall–Kier alpha value is -2.07. The summed E-state index contributed by atoms with van der Waals surface area (Å²) in [6, 6.07) is 9.99. The average Bonchev–Trinajstić information content (AvgIpc) is 2.65. The zero-order valence-corrected chi connectivity index (χ0v) is 10.9. The summed E-state index contributed by atoms with van der Waals surface area (Å²) in [5.41, 5.74) is 8.94. The van der Waals surface area contributed by atoms with Crippen LogP contribution in [0, 0.1) is 12.7 Å². The highest BCUT2D eigenvalue weighted by Crippen LogP contribution is 2.30. The Balaban J connectivity index is 2.40. The molecule has 19 heavy (non-hydrogen) atoms. The third kappa shape index (κ3) is 1.85. The summed E-state index contributed by atoms with van der Waals surface area (Å²) in [5.74, 6) is -0.0511. The monoisotopic (exact) mass is 275 g/mol. The van der Waals surface area contributed by atoms with Crippen LogP contribution in [0.25, 0.3) is 16.7 Å². The first kappa shape index (κ1) is 12.0. The Kier molecular flexibility index (Phi) is 2.68. The van der Waals surface area contributed by atoms with Gasteiger partial charge in [-0.15, -0.1) is 0 Å². The first-order valence-corrected chi connectivity index (χ1v) is 6.14. The molecule has 0 unspecified atom stereocenters. The second-order valence-electron chi connectivity index (χ2n) is 4.34. The Morgan fingerprint density at radius 3 is 2.79 bits per heavy atom. The second kappa shape index (κ2) is 4.24. The lowest BCUT2D eigenvalue weighted by molar-refractivity contribution is 0.629. The third-order valence-electron chi connectivity index (χ3n) is 3.05. The van der Waals surface area contributed by atoms with Crippen molar-refractivity contribution in [1.29, 1.82) is 0 Å². The smallest absolute Gasteiger partial charge is 0.205 e. The molecule has 0 spiro atoms. The zero-order chi connectivity index (χ0) is 13.6. The van der Waals surface area contributed by atoms with Gasteiger partial charge in [0, 0.05) is 6.07 Å². The van der Waals surface area contributed by atoms with Crippen molar-refractivity contribution in [2.45, 2.75) is 6.92 Å². The minimum absolute atomic E-state index is 0.289. The van der Waals surface area contributed by atoms with Crippen LogP contribution < -0.4 is 5.73 Å². The van der Waals surface area contributed by atoms with E-state index in [1.807, 2.05) is 19.1 Å². The third-order valence-corrected chi connectivity index (χ3v) is 3.36. The van der Waals surface area contributed by atoms with E-state index in [1.54, 1.807) is 16.7 Å². The Morgan fingerprint density at radius 2 is 2.05 bits per heavy atom. The van der Waals surface area contributed by atoms with Gasteiger partial charge in [0.15, 0.2) is 0 Å². The lowest BCUT2D eigenvalue weighted by Gasteiger charge is -2.11. The summed E-state index contributed by atoms with van der Waals surface area (Å²) in [6.45, 7) is 1.94. The van der Waals surface area contributed by atoms with Gasteiger partial charge in [-0.3, -0.25) is 4.57 Å². The van der Waals surface area contributed by atoms with Crippen LogP contribution in [0.5, 0.6) is 0 Å². The van der Waals surface area contributed by atoms with Gasteiger partial charge in [0.1, 0.15) is 5.82 Å². The van der Waals surface area contributed by atoms with E-state index in [2.05, 4.69) is 4.98 Å². The van der Waals surface area contributed by atoms with E-state index >= 15 is 0 Å². The number of anilines is 1. The van der Waals surface area contributed by atoms with Crippen LogP contribution in [0.1, 0.15) is 5.56 Å². The van der Waals surface area contributed by atoms with E-state index < -0.39 is 0 Å². The highest BCUT2D eigenvalue weighted by Gasteiger charge is 2.14. The number of rotatable bonds is 1. The second-order valence-corrected chi connectivity index (χ2v) is 4.75. The highest BCUT2D eigenvalue weighted by molar-refractivity contribution is 6.32. The number of halogens is 2. The van der Waals surface area contributed by atoms with E-state index in [4.69, 9.17) is 17.3 Å². The van der Waals surface area contributed by atoms with Crippen molar-refractivity contribution in [3.05, 3.63) is 52.8 Å². The molecular weight excluding hydrogens is 265 g/mol. The van der Waals surface area contributed by atoms with E-state index in [-0.39, 0.29) is 11.8 Å². The van der Waals surface area contributed by atoms with Gasteiger partial charge in [-0.25, -0.2) is 9.37 Å². The molecule has 0 fully saturated rings. The number of nitrogens with zero attached hydrogens (tertiary/aromatic N) is 2. The molecule has 1 aromatic heterocycles. The quantitative estimate of drug-likeness (QED) is 0.736. The number of fused-ring (bicyclic) bond motifs is 1. The fourth-order valence-corrected chi connectivity index (χ4v) is 2.52. The van der Waals surface area contributed by atoms with Crippen LogP contribution in [0.4, 0.5) is 10.3 Å². The van der Waals surface area contributed by atoms with Gasteiger partial charge in [0.05, 0.1) is 21.7 Å². The van der Waals surface area contributed by atoms with Crippen LogP contribution >= 0.6 is 11.6 Å². The molecule has 0 amide bonds. The lowest BCUT2D eigenvalue weighted by atomic mass is 10.2. The number of imidazole rings is 1. The van der Waals surface area contributed by atoms with Gasteiger partial charge >= 0.3 is 0 Å². The van der Waals surface area contributed by atoms with Gasteiger partial charge < -0.3 is 5.73 Å². The Morgan fingerprint density at radius 1 is 1.26 bits per heavy atom. The number of nitrogen functional groups attached to an aromatic ring is 1. The topological polar surface area (TPSA) is 43.8 Å². The summed E-state index contributed by atoms with van der Waals surface area (Å²) in [5, 5.41) is 0.579. The van der Waals surface area contributed by atoms with Crippen molar-refractivity contribution in [2.24, 2.45) is 0 Å². The molecule has 0 atom stereocenters. The molecule has 0 aliphatic rings. The molecule has 3 aromatic rings. The number of hydrogen-bond acceptors (Lipinski definition) is 2. The summed E-state index contributed by atoms with van der Waals surface area (Å²) < 4.78 is 15.0. The van der Waals surface area contributed by atoms with Crippen molar-refractivity contribution in [1.82, 2.24) is 9.55 Å². The predicted octanol–water partition coefficient (Wildman–Crippen LogP) is 3.71. The standard InChI is InChI=1S/C14H11ClFN3/c1-8-3-2-4-10(15)13(8)19-12-6-5-9(16)7-11(12)18-14(19)17/h2-7H,1H3,(H2,17,18).